The van der Waals surface area contributed by atoms with E-state index in [1.165, 1.54) is 5.56 Å². The van der Waals surface area contributed by atoms with Crippen LogP contribution in [0.1, 0.15) is 36.3 Å². The molecule has 1 atom stereocenters. The second-order valence-corrected chi connectivity index (χ2v) is 5.85. The first-order valence-corrected chi connectivity index (χ1v) is 8.22. The van der Waals surface area contributed by atoms with Crippen molar-refractivity contribution in [3.63, 3.8) is 0 Å². The van der Waals surface area contributed by atoms with Crippen molar-refractivity contribution in [2.45, 2.75) is 31.6 Å². The smallest absolute Gasteiger partial charge is 0.303 e. The van der Waals surface area contributed by atoms with Gasteiger partial charge in [-0.05, 0) is 29.9 Å². The predicted octanol–water partition coefficient (Wildman–Crippen LogP) is 3.38. The summed E-state index contributed by atoms with van der Waals surface area (Å²) in [6, 6.07) is 20.2. The summed E-state index contributed by atoms with van der Waals surface area (Å²) in [4.78, 5) is 22.7. The lowest BCUT2D eigenvalue weighted by Crippen LogP contribution is -2.27. The van der Waals surface area contributed by atoms with Gasteiger partial charge in [-0.15, -0.1) is 0 Å². The molecule has 126 valence electrons. The van der Waals surface area contributed by atoms with Crippen molar-refractivity contribution in [1.82, 2.24) is 5.32 Å². The molecule has 0 aliphatic rings. The van der Waals surface area contributed by atoms with Crippen molar-refractivity contribution >= 4 is 11.9 Å². The van der Waals surface area contributed by atoms with Crippen molar-refractivity contribution in [1.29, 1.82) is 0 Å². The lowest BCUT2D eigenvalue weighted by molar-refractivity contribution is -0.137. The molecule has 0 fully saturated rings. The first-order chi connectivity index (χ1) is 11.6. The second kappa shape index (κ2) is 9.50. The van der Waals surface area contributed by atoms with Crippen molar-refractivity contribution in [3.05, 3.63) is 71.8 Å². The van der Waals surface area contributed by atoms with Crippen molar-refractivity contribution in [2.24, 2.45) is 0 Å². The number of carboxylic acids is 1. The number of aliphatic carboxylic acids is 1. The molecule has 0 bridgehead atoms. The molecule has 1 amide bonds. The van der Waals surface area contributed by atoms with Gasteiger partial charge in [0.05, 0.1) is 0 Å². The fraction of sp³-hybridized carbons (Fsp3) is 0.300. The Morgan fingerprint density at radius 2 is 1.58 bits per heavy atom. The zero-order valence-corrected chi connectivity index (χ0v) is 13.7. The Morgan fingerprint density at radius 1 is 0.958 bits per heavy atom. The van der Waals surface area contributed by atoms with Crippen LogP contribution in [-0.4, -0.2) is 23.5 Å². The molecule has 0 saturated carbocycles. The number of hydrogen-bond donors (Lipinski definition) is 2. The van der Waals surface area contributed by atoms with E-state index in [2.05, 4.69) is 17.4 Å². The Hall–Kier alpha value is -2.62. The molecule has 4 nitrogen and oxygen atoms in total. The SMILES string of the molecule is O=C(O)CCCNC(=O)CC(Cc1ccccc1)c1ccccc1. The second-order valence-electron chi connectivity index (χ2n) is 5.85. The van der Waals surface area contributed by atoms with E-state index in [9.17, 15) is 9.59 Å². The van der Waals surface area contributed by atoms with Crippen LogP contribution in [0.15, 0.2) is 60.7 Å². The third-order valence-corrected chi connectivity index (χ3v) is 3.92. The molecule has 1 unspecified atom stereocenters. The maximum absolute atomic E-state index is 12.2. The standard InChI is InChI=1S/C20H23NO3/c22-19(21-13-7-12-20(23)24)15-18(17-10-5-2-6-11-17)14-16-8-3-1-4-9-16/h1-6,8-11,18H,7,12-15H2,(H,21,22)(H,23,24). The Balaban J connectivity index is 1.96. The zero-order chi connectivity index (χ0) is 17.2. The van der Waals surface area contributed by atoms with E-state index in [-0.39, 0.29) is 18.2 Å². The first-order valence-electron chi connectivity index (χ1n) is 8.22. The number of hydrogen-bond acceptors (Lipinski definition) is 2. The molecule has 0 spiro atoms. The number of nitrogens with one attached hydrogen (secondary N) is 1. The molecule has 2 N–H and O–H groups in total. The number of rotatable bonds is 9. The molecule has 24 heavy (non-hydrogen) atoms. The topological polar surface area (TPSA) is 66.4 Å². The van der Waals surface area contributed by atoms with Gasteiger partial charge >= 0.3 is 5.97 Å². The monoisotopic (exact) mass is 325 g/mol. The number of carbonyl (C=O) groups excluding carboxylic acids is 1. The Bertz CT molecular complexity index is 640. The van der Waals surface area contributed by atoms with Crippen LogP contribution in [0.4, 0.5) is 0 Å². The average molecular weight is 325 g/mol. The summed E-state index contributed by atoms with van der Waals surface area (Å²) in [6.07, 6.45) is 1.72. The van der Waals surface area contributed by atoms with Crippen molar-refractivity contribution < 1.29 is 14.7 Å². The molecule has 0 saturated heterocycles. The summed E-state index contributed by atoms with van der Waals surface area (Å²) in [6.45, 7) is 0.401. The molecule has 0 aliphatic carbocycles. The molecular formula is C20H23NO3. The van der Waals surface area contributed by atoms with Crippen LogP contribution < -0.4 is 5.32 Å². The molecule has 2 rings (SSSR count). The molecule has 4 heteroatoms. The summed E-state index contributed by atoms with van der Waals surface area (Å²) in [5, 5.41) is 11.4. The van der Waals surface area contributed by atoms with Gasteiger partial charge in [0.1, 0.15) is 0 Å². The van der Waals surface area contributed by atoms with Crippen LogP contribution in [0.5, 0.6) is 0 Å². The third-order valence-electron chi connectivity index (χ3n) is 3.92. The third kappa shape index (κ3) is 6.24. The summed E-state index contributed by atoms with van der Waals surface area (Å²) >= 11 is 0. The van der Waals surface area contributed by atoms with Gasteiger partial charge in [-0.1, -0.05) is 60.7 Å². The van der Waals surface area contributed by atoms with Gasteiger partial charge in [-0.25, -0.2) is 0 Å². The number of benzene rings is 2. The van der Waals surface area contributed by atoms with Gasteiger partial charge in [-0.2, -0.15) is 0 Å². The summed E-state index contributed by atoms with van der Waals surface area (Å²) < 4.78 is 0. The maximum atomic E-state index is 12.2. The van der Waals surface area contributed by atoms with E-state index >= 15 is 0 Å². The highest BCUT2D eigenvalue weighted by molar-refractivity contribution is 5.77. The van der Waals surface area contributed by atoms with E-state index in [1.807, 2.05) is 48.5 Å². The zero-order valence-electron chi connectivity index (χ0n) is 13.7. The summed E-state index contributed by atoms with van der Waals surface area (Å²) in [5.41, 5.74) is 2.34. The summed E-state index contributed by atoms with van der Waals surface area (Å²) in [5.74, 6) is -0.770. The Morgan fingerprint density at radius 3 is 2.21 bits per heavy atom. The van der Waals surface area contributed by atoms with Gasteiger partial charge in [0.2, 0.25) is 5.91 Å². The quantitative estimate of drug-likeness (QED) is 0.695. The molecule has 0 radical (unpaired) electrons. The largest absolute Gasteiger partial charge is 0.481 e. The normalized spacial score (nSPS) is 11.7. The molecule has 2 aromatic carbocycles. The average Bonchev–Trinajstić information content (AvgIpc) is 2.60. The summed E-state index contributed by atoms with van der Waals surface area (Å²) in [7, 11) is 0. The minimum absolute atomic E-state index is 0.0369. The Labute approximate surface area is 142 Å². The minimum atomic E-state index is -0.838. The molecule has 0 aliphatic heterocycles. The number of carboxylic acid groups (broad SMARTS) is 1. The Kier molecular flexibility index (Phi) is 7.02. The van der Waals surface area contributed by atoms with Gasteiger partial charge in [0.15, 0.2) is 0 Å². The van der Waals surface area contributed by atoms with Crippen LogP contribution in [0.2, 0.25) is 0 Å². The number of carbonyl (C=O) groups is 2. The van der Waals surface area contributed by atoms with Crippen LogP contribution in [0, 0.1) is 0 Å². The van der Waals surface area contributed by atoms with Crippen LogP contribution >= 0.6 is 0 Å². The highest BCUT2D eigenvalue weighted by Crippen LogP contribution is 2.24. The molecule has 0 heterocycles. The van der Waals surface area contributed by atoms with Gasteiger partial charge in [0, 0.05) is 19.4 Å². The molecule has 0 aromatic heterocycles. The van der Waals surface area contributed by atoms with Crippen LogP contribution in [0.25, 0.3) is 0 Å². The van der Waals surface area contributed by atoms with Gasteiger partial charge < -0.3 is 10.4 Å². The molecule has 2 aromatic rings. The minimum Gasteiger partial charge on any atom is -0.481 e. The van der Waals surface area contributed by atoms with Crippen molar-refractivity contribution in [3.8, 4) is 0 Å². The van der Waals surface area contributed by atoms with E-state index < -0.39 is 5.97 Å². The van der Waals surface area contributed by atoms with Crippen LogP contribution in [-0.2, 0) is 16.0 Å². The van der Waals surface area contributed by atoms with Gasteiger partial charge in [0.25, 0.3) is 0 Å². The van der Waals surface area contributed by atoms with E-state index in [1.54, 1.807) is 0 Å². The lowest BCUT2D eigenvalue weighted by Gasteiger charge is -2.17. The maximum Gasteiger partial charge on any atom is 0.303 e. The predicted molar refractivity (Wildman–Crippen MR) is 93.8 cm³/mol. The fourth-order valence-corrected chi connectivity index (χ4v) is 2.70. The lowest BCUT2D eigenvalue weighted by atomic mass is 9.89. The first kappa shape index (κ1) is 17.7. The van der Waals surface area contributed by atoms with Gasteiger partial charge in [-0.3, -0.25) is 9.59 Å². The molecular weight excluding hydrogens is 302 g/mol. The van der Waals surface area contributed by atoms with Crippen LogP contribution in [0.3, 0.4) is 0 Å². The van der Waals surface area contributed by atoms with Crippen molar-refractivity contribution in [2.75, 3.05) is 6.54 Å². The van der Waals surface area contributed by atoms with E-state index in [4.69, 9.17) is 5.11 Å². The van der Waals surface area contributed by atoms with E-state index in [0.717, 1.165) is 12.0 Å². The van der Waals surface area contributed by atoms with E-state index in [0.29, 0.717) is 19.4 Å². The highest BCUT2D eigenvalue weighted by Gasteiger charge is 2.16. The highest BCUT2D eigenvalue weighted by atomic mass is 16.4. The fourth-order valence-electron chi connectivity index (χ4n) is 2.70. The number of amides is 1.